The number of likely N-dealkylation sites (N-methyl/N-ethyl adjacent to an activating group) is 1. The van der Waals surface area contributed by atoms with Crippen molar-refractivity contribution in [3.05, 3.63) is 0 Å². The van der Waals surface area contributed by atoms with Crippen molar-refractivity contribution in [3.8, 4) is 0 Å². The van der Waals surface area contributed by atoms with Gasteiger partial charge in [-0.3, -0.25) is 4.90 Å². The fourth-order valence-electron chi connectivity index (χ4n) is 2.04. The first-order valence-corrected chi connectivity index (χ1v) is 5.07. The molecule has 0 aromatic heterocycles. The molecule has 2 rings (SSSR count). The van der Waals surface area contributed by atoms with Gasteiger partial charge in [0.05, 0.1) is 25.4 Å². The van der Waals surface area contributed by atoms with Crippen LogP contribution in [0.2, 0.25) is 0 Å². The van der Waals surface area contributed by atoms with Gasteiger partial charge in [0.2, 0.25) is 0 Å². The molecule has 2 fully saturated rings. The highest BCUT2D eigenvalue weighted by Crippen LogP contribution is 2.45. The van der Waals surface area contributed by atoms with Gasteiger partial charge in [-0.1, -0.05) is 6.92 Å². The number of hydrogen-bond acceptors (Lipinski definition) is 3. The van der Waals surface area contributed by atoms with Gasteiger partial charge >= 0.3 is 0 Å². The lowest BCUT2D eigenvalue weighted by Crippen LogP contribution is -2.42. The van der Waals surface area contributed by atoms with Crippen molar-refractivity contribution in [2.45, 2.75) is 31.9 Å². The molecule has 0 radical (unpaired) electrons. The first-order chi connectivity index (χ1) is 6.11. The summed E-state index contributed by atoms with van der Waals surface area (Å²) in [7, 11) is 2.09. The number of ether oxygens (including phenoxy) is 1. The van der Waals surface area contributed by atoms with Gasteiger partial charge in [0, 0.05) is 6.54 Å². The molecule has 13 heavy (non-hydrogen) atoms. The van der Waals surface area contributed by atoms with Crippen LogP contribution in [0.1, 0.15) is 19.8 Å². The SMILES string of the molecule is CN(CC1(C)CC1)[C@@H]1COC[C@H]1O. The predicted octanol–water partition coefficient (Wildman–Crippen LogP) is 0.478. The van der Waals surface area contributed by atoms with Crippen molar-refractivity contribution >= 4 is 0 Å². The molecule has 3 nitrogen and oxygen atoms in total. The molecule has 0 aromatic carbocycles. The highest BCUT2D eigenvalue weighted by molar-refractivity contribution is 4.93. The Morgan fingerprint density at radius 1 is 1.46 bits per heavy atom. The minimum atomic E-state index is -0.285. The summed E-state index contributed by atoms with van der Waals surface area (Å²) in [5.41, 5.74) is 0.525. The van der Waals surface area contributed by atoms with E-state index in [2.05, 4.69) is 18.9 Å². The molecule has 0 aromatic rings. The Labute approximate surface area is 79.7 Å². The second kappa shape index (κ2) is 3.23. The minimum Gasteiger partial charge on any atom is -0.389 e. The zero-order chi connectivity index (χ0) is 9.47. The molecule has 1 saturated carbocycles. The van der Waals surface area contributed by atoms with Crippen molar-refractivity contribution in [2.75, 3.05) is 26.8 Å². The summed E-state index contributed by atoms with van der Waals surface area (Å²) in [4.78, 5) is 2.25. The smallest absolute Gasteiger partial charge is 0.0950 e. The van der Waals surface area contributed by atoms with Gasteiger partial charge in [-0.25, -0.2) is 0 Å². The molecule has 1 heterocycles. The van der Waals surface area contributed by atoms with E-state index in [1.54, 1.807) is 0 Å². The van der Waals surface area contributed by atoms with Crippen LogP contribution < -0.4 is 0 Å². The van der Waals surface area contributed by atoms with Crippen LogP contribution in [0.15, 0.2) is 0 Å². The molecule has 1 aliphatic heterocycles. The summed E-state index contributed by atoms with van der Waals surface area (Å²) in [6.07, 6.45) is 2.38. The summed E-state index contributed by atoms with van der Waals surface area (Å²) >= 11 is 0. The third kappa shape index (κ3) is 2.03. The Hall–Kier alpha value is -0.120. The van der Waals surface area contributed by atoms with Crippen LogP contribution in [-0.4, -0.2) is 49.0 Å². The van der Waals surface area contributed by atoms with Crippen LogP contribution in [0.3, 0.4) is 0 Å². The van der Waals surface area contributed by atoms with Crippen molar-refractivity contribution in [1.82, 2.24) is 4.90 Å². The van der Waals surface area contributed by atoms with E-state index in [1.165, 1.54) is 12.8 Å². The van der Waals surface area contributed by atoms with Crippen molar-refractivity contribution in [1.29, 1.82) is 0 Å². The van der Waals surface area contributed by atoms with Crippen LogP contribution >= 0.6 is 0 Å². The third-order valence-corrected chi connectivity index (χ3v) is 3.32. The van der Waals surface area contributed by atoms with E-state index in [-0.39, 0.29) is 12.1 Å². The van der Waals surface area contributed by atoms with Gasteiger partial charge in [0.15, 0.2) is 0 Å². The van der Waals surface area contributed by atoms with E-state index in [0.29, 0.717) is 18.6 Å². The average Bonchev–Trinajstić information content (AvgIpc) is 2.63. The fourth-order valence-corrected chi connectivity index (χ4v) is 2.04. The standard InChI is InChI=1S/C10H19NO2/c1-10(3-4-10)7-11(2)8-5-13-6-9(8)12/h8-9,12H,3-7H2,1-2H3/t8-,9-/m1/s1. The molecule has 0 amide bonds. The lowest BCUT2D eigenvalue weighted by Gasteiger charge is -2.28. The maximum atomic E-state index is 9.61. The van der Waals surface area contributed by atoms with Crippen LogP contribution in [0.25, 0.3) is 0 Å². The van der Waals surface area contributed by atoms with Crippen molar-refractivity contribution < 1.29 is 9.84 Å². The Morgan fingerprint density at radius 2 is 2.15 bits per heavy atom. The molecule has 1 N–H and O–H groups in total. The Balaban J connectivity index is 1.85. The van der Waals surface area contributed by atoms with Gasteiger partial charge in [0.1, 0.15) is 0 Å². The van der Waals surface area contributed by atoms with Crippen LogP contribution in [0.4, 0.5) is 0 Å². The molecule has 1 saturated heterocycles. The van der Waals surface area contributed by atoms with Gasteiger partial charge in [-0.2, -0.15) is 0 Å². The van der Waals surface area contributed by atoms with Crippen molar-refractivity contribution in [3.63, 3.8) is 0 Å². The lowest BCUT2D eigenvalue weighted by molar-refractivity contribution is 0.0869. The molecule has 1 aliphatic carbocycles. The van der Waals surface area contributed by atoms with E-state index >= 15 is 0 Å². The van der Waals surface area contributed by atoms with E-state index in [4.69, 9.17) is 4.74 Å². The molecular formula is C10H19NO2. The summed E-state index contributed by atoms with van der Waals surface area (Å²) in [5.74, 6) is 0. The summed E-state index contributed by atoms with van der Waals surface area (Å²) < 4.78 is 5.23. The number of aliphatic hydroxyl groups excluding tert-OH is 1. The summed E-state index contributed by atoms with van der Waals surface area (Å²) in [6, 6.07) is 0.220. The largest absolute Gasteiger partial charge is 0.389 e. The number of aliphatic hydroxyl groups is 1. The first kappa shape index (κ1) is 9.44. The molecule has 0 unspecified atom stereocenters. The van der Waals surface area contributed by atoms with Crippen LogP contribution in [-0.2, 0) is 4.74 Å². The first-order valence-electron chi connectivity index (χ1n) is 5.07. The fraction of sp³-hybridized carbons (Fsp3) is 1.00. The quantitative estimate of drug-likeness (QED) is 0.694. The van der Waals surface area contributed by atoms with E-state index in [1.807, 2.05) is 0 Å². The number of hydrogen-bond donors (Lipinski definition) is 1. The second-order valence-electron chi connectivity index (χ2n) is 4.90. The maximum absolute atomic E-state index is 9.61. The zero-order valence-electron chi connectivity index (χ0n) is 8.49. The van der Waals surface area contributed by atoms with Crippen molar-refractivity contribution in [2.24, 2.45) is 5.41 Å². The Bertz CT molecular complexity index is 191. The van der Waals surface area contributed by atoms with E-state index in [0.717, 1.165) is 6.54 Å². The molecular weight excluding hydrogens is 166 g/mol. The average molecular weight is 185 g/mol. The second-order valence-corrected chi connectivity index (χ2v) is 4.90. The monoisotopic (exact) mass is 185 g/mol. The van der Waals surface area contributed by atoms with E-state index in [9.17, 15) is 5.11 Å². The van der Waals surface area contributed by atoms with Gasteiger partial charge < -0.3 is 9.84 Å². The Morgan fingerprint density at radius 3 is 2.62 bits per heavy atom. The molecule has 0 spiro atoms. The Kier molecular flexibility index (Phi) is 2.34. The minimum absolute atomic E-state index is 0.220. The highest BCUT2D eigenvalue weighted by atomic mass is 16.5. The van der Waals surface area contributed by atoms with Gasteiger partial charge in [-0.15, -0.1) is 0 Å². The summed E-state index contributed by atoms with van der Waals surface area (Å²) in [6.45, 7) is 4.60. The lowest BCUT2D eigenvalue weighted by atomic mass is 10.1. The summed E-state index contributed by atoms with van der Waals surface area (Å²) in [5, 5.41) is 9.61. The van der Waals surface area contributed by atoms with Gasteiger partial charge in [-0.05, 0) is 25.3 Å². The predicted molar refractivity (Wildman–Crippen MR) is 50.6 cm³/mol. The number of rotatable bonds is 3. The highest BCUT2D eigenvalue weighted by Gasteiger charge is 2.41. The van der Waals surface area contributed by atoms with Crippen LogP contribution in [0.5, 0.6) is 0 Å². The third-order valence-electron chi connectivity index (χ3n) is 3.32. The molecule has 0 bridgehead atoms. The number of nitrogens with zero attached hydrogens (tertiary/aromatic N) is 1. The topological polar surface area (TPSA) is 32.7 Å². The molecule has 2 aliphatic rings. The maximum Gasteiger partial charge on any atom is 0.0950 e. The molecule has 3 heteroatoms. The molecule has 2 atom stereocenters. The normalized spacial score (nSPS) is 36.9. The van der Waals surface area contributed by atoms with E-state index < -0.39 is 0 Å². The van der Waals surface area contributed by atoms with Crippen LogP contribution in [0, 0.1) is 5.41 Å². The zero-order valence-corrected chi connectivity index (χ0v) is 8.49. The molecule has 76 valence electrons. The van der Waals surface area contributed by atoms with Gasteiger partial charge in [0.25, 0.3) is 0 Å².